The van der Waals surface area contributed by atoms with Crippen LogP contribution in [-0.4, -0.2) is 7.63 Å². The molecule has 0 fully saturated rings. The molecule has 0 nitrogen and oxygen atoms in total. The summed E-state index contributed by atoms with van der Waals surface area (Å²) in [5, 5.41) is 5.42. The van der Waals surface area contributed by atoms with Crippen LogP contribution in [-0.2, 0) is 30.0 Å². The van der Waals surface area contributed by atoms with Crippen molar-refractivity contribution in [2.24, 2.45) is 0 Å². The summed E-state index contributed by atoms with van der Waals surface area (Å²) in [6, 6.07) is 26.2. The van der Waals surface area contributed by atoms with Gasteiger partial charge in [-0.15, -0.1) is 81.2 Å². The van der Waals surface area contributed by atoms with Crippen molar-refractivity contribution in [1.82, 2.24) is 0 Å². The van der Waals surface area contributed by atoms with Gasteiger partial charge >= 0.3 is 26.8 Å². The van der Waals surface area contributed by atoms with Crippen LogP contribution in [0.15, 0.2) is 72.8 Å². The molecule has 0 saturated heterocycles. The fraction of sp³-hybridized carbons (Fsp3) is 0.286. The van der Waals surface area contributed by atoms with Crippen LogP contribution >= 0.6 is 0 Å². The van der Waals surface area contributed by atoms with Crippen molar-refractivity contribution in [2.75, 3.05) is 0 Å². The van der Waals surface area contributed by atoms with Gasteiger partial charge in [-0.3, -0.25) is 0 Å². The summed E-state index contributed by atoms with van der Waals surface area (Å²) < 4.78 is 0. The third kappa shape index (κ3) is 9.58. The van der Waals surface area contributed by atoms with Crippen LogP contribution in [0.3, 0.4) is 0 Å². The Morgan fingerprint density at radius 3 is 1.12 bits per heavy atom. The Labute approximate surface area is 223 Å². The zero-order valence-electron chi connectivity index (χ0n) is 20.7. The number of halogens is 2. The van der Waals surface area contributed by atoms with Gasteiger partial charge in [0.05, 0.1) is 0 Å². The van der Waals surface area contributed by atoms with E-state index in [1.165, 1.54) is 32.7 Å². The Bertz CT molecular complexity index is 883. The van der Waals surface area contributed by atoms with Crippen LogP contribution < -0.4 is 24.8 Å². The van der Waals surface area contributed by atoms with Crippen molar-refractivity contribution < 1.29 is 44.0 Å². The standard InChI is InChI=1S/2C13H15.2CH3.2ClH.Si.Ti/c2*1-13(2,3)12-8-10-6-4-5-7-11(10)9-12;;;;;;/h2*4-9H,1-3H3;2*1H3;2*1H;;/q4*-1;;;;+2/p-2. The van der Waals surface area contributed by atoms with Crippen molar-refractivity contribution in [1.29, 1.82) is 0 Å². The molecule has 0 saturated carbocycles. The summed E-state index contributed by atoms with van der Waals surface area (Å²) in [5.74, 6) is 0. The van der Waals surface area contributed by atoms with E-state index >= 15 is 0 Å². The van der Waals surface area contributed by atoms with E-state index in [9.17, 15) is 0 Å². The van der Waals surface area contributed by atoms with Gasteiger partial charge < -0.3 is 39.7 Å². The molecule has 32 heavy (non-hydrogen) atoms. The summed E-state index contributed by atoms with van der Waals surface area (Å²) in [6.45, 7) is 13.5. The molecule has 4 aromatic rings. The number of hydrogen-bond donors (Lipinski definition) is 0. The molecule has 0 aromatic heterocycles. The second-order valence-corrected chi connectivity index (χ2v) is 9.25. The van der Waals surface area contributed by atoms with Gasteiger partial charge in [-0.2, -0.15) is 12.1 Å². The summed E-state index contributed by atoms with van der Waals surface area (Å²) in [4.78, 5) is 0. The molecular formula is C28H36Cl2SiTi-4. The monoisotopic (exact) mass is 518 g/mol. The van der Waals surface area contributed by atoms with E-state index in [1.807, 2.05) is 0 Å². The summed E-state index contributed by atoms with van der Waals surface area (Å²) in [7, 11) is 2.97. The van der Waals surface area contributed by atoms with Crippen LogP contribution in [0, 0.1) is 14.9 Å². The Balaban J connectivity index is -0.000000437. The van der Waals surface area contributed by atoms with E-state index in [-0.39, 0.29) is 50.5 Å². The average molecular weight is 519 g/mol. The first-order valence-electron chi connectivity index (χ1n) is 9.71. The van der Waals surface area contributed by atoms with Gasteiger partial charge in [0.25, 0.3) is 0 Å². The predicted octanol–water partition coefficient (Wildman–Crippen LogP) is 2.24. The number of hydrogen-bond acceptors (Lipinski definition) is 0. The SMILES string of the molecule is CC(C)(C)c1cc2ccccc2[cH-]1.CC(C)(C)c1cc2ccccc2[cH-]1.[CH3-].[CH3-].[Cl-].[Cl-].[Si]=[Ti+2]. The van der Waals surface area contributed by atoms with Crippen molar-refractivity contribution in [3.63, 3.8) is 0 Å². The van der Waals surface area contributed by atoms with E-state index in [0.29, 0.717) is 0 Å². The molecule has 4 rings (SSSR count). The Hall–Kier alpha value is -0.829. The molecule has 0 atom stereocenters. The van der Waals surface area contributed by atoms with E-state index in [4.69, 9.17) is 0 Å². The van der Waals surface area contributed by atoms with Gasteiger partial charge in [-0.25, -0.2) is 0 Å². The van der Waals surface area contributed by atoms with Crippen molar-refractivity contribution in [2.45, 2.75) is 52.4 Å². The van der Waals surface area contributed by atoms with Gasteiger partial charge in [0.1, 0.15) is 0 Å². The number of benzene rings is 2. The second-order valence-electron chi connectivity index (χ2n) is 9.25. The van der Waals surface area contributed by atoms with Crippen LogP contribution in [0.2, 0.25) is 0 Å². The molecule has 4 aromatic carbocycles. The average Bonchev–Trinajstić information content (AvgIpc) is 3.27. The first-order valence-corrected chi connectivity index (χ1v) is 12.6. The Morgan fingerprint density at radius 1 is 0.594 bits per heavy atom. The van der Waals surface area contributed by atoms with E-state index in [1.54, 1.807) is 19.2 Å². The maximum absolute atomic E-state index is 2.97. The van der Waals surface area contributed by atoms with Gasteiger partial charge in [-0.1, -0.05) is 53.7 Å². The molecule has 0 aliphatic rings. The Kier molecular flexibility index (Phi) is 16.9. The fourth-order valence-corrected chi connectivity index (χ4v) is 3.17. The zero-order valence-corrected chi connectivity index (χ0v) is 24.8. The molecule has 0 amide bonds. The fourth-order valence-electron chi connectivity index (χ4n) is 3.17. The first-order chi connectivity index (χ1) is 13.1. The van der Waals surface area contributed by atoms with Gasteiger partial charge in [0.2, 0.25) is 0 Å². The first kappa shape index (κ1) is 35.8. The zero-order chi connectivity index (χ0) is 20.9. The third-order valence-electron chi connectivity index (χ3n) is 4.97. The van der Waals surface area contributed by atoms with Crippen LogP contribution in [0.25, 0.3) is 21.5 Å². The normalized spacial score (nSPS) is 10.1. The van der Waals surface area contributed by atoms with Gasteiger partial charge in [0.15, 0.2) is 0 Å². The molecule has 0 spiro atoms. The number of fused-ring (bicyclic) bond motifs is 2. The molecule has 0 aliphatic carbocycles. The summed E-state index contributed by atoms with van der Waals surface area (Å²) in [6.07, 6.45) is 0. The van der Waals surface area contributed by atoms with Gasteiger partial charge in [-0.05, 0) is 10.8 Å². The molecular weight excluding hydrogens is 483 g/mol. The van der Waals surface area contributed by atoms with E-state index in [2.05, 4.69) is 122 Å². The molecule has 2 radical (unpaired) electrons. The molecule has 0 aliphatic heterocycles. The minimum absolute atomic E-state index is 0. The second kappa shape index (κ2) is 15.1. The Morgan fingerprint density at radius 2 is 0.875 bits per heavy atom. The molecule has 0 unspecified atom stereocenters. The molecule has 0 bridgehead atoms. The quantitative estimate of drug-likeness (QED) is 0.247. The number of rotatable bonds is 0. The van der Waals surface area contributed by atoms with Crippen LogP contribution in [0.4, 0.5) is 0 Å². The van der Waals surface area contributed by atoms with Crippen LogP contribution in [0.5, 0.6) is 0 Å². The maximum atomic E-state index is 2.97. The summed E-state index contributed by atoms with van der Waals surface area (Å²) in [5.41, 5.74) is 3.38. The van der Waals surface area contributed by atoms with Crippen molar-refractivity contribution in [3.05, 3.63) is 98.8 Å². The van der Waals surface area contributed by atoms with Crippen molar-refractivity contribution >= 4 is 29.2 Å². The minimum atomic E-state index is 0. The molecule has 174 valence electrons. The van der Waals surface area contributed by atoms with Crippen molar-refractivity contribution in [3.8, 4) is 0 Å². The van der Waals surface area contributed by atoms with E-state index < -0.39 is 0 Å². The third-order valence-corrected chi connectivity index (χ3v) is 4.97. The molecule has 0 N–H and O–H groups in total. The van der Waals surface area contributed by atoms with E-state index in [0.717, 1.165) is 0 Å². The van der Waals surface area contributed by atoms with Crippen LogP contribution in [0.1, 0.15) is 52.7 Å². The molecule has 4 heteroatoms. The topological polar surface area (TPSA) is 0 Å². The summed E-state index contributed by atoms with van der Waals surface area (Å²) >= 11 is 1.81. The van der Waals surface area contributed by atoms with Gasteiger partial charge in [0, 0.05) is 0 Å². The molecule has 0 heterocycles. The predicted molar refractivity (Wildman–Crippen MR) is 135 cm³/mol.